The van der Waals surface area contributed by atoms with E-state index in [1.807, 2.05) is 41.5 Å². The van der Waals surface area contributed by atoms with Crippen molar-refractivity contribution in [1.29, 1.82) is 0 Å². The Morgan fingerprint density at radius 1 is 1.26 bits per heavy atom. The van der Waals surface area contributed by atoms with Gasteiger partial charge in [0.25, 0.3) is 0 Å². The third-order valence-electron chi connectivity index (χ3n) is 4.08. The molecule has 1 aliphatic heterocycles. The first-order valence-corrected chi connectivity index (χ1v) is 8.66. The van der Waals surface area contributed by atoms with Gasteiger partial charge in [0.2, 0.25) is 5.91 Å². The minimum Gasteiger partial charge on any atom is -0.479 e. The maximum atomic E-state index is 12.2. The van der Waals surface area contributed by atoms with Crippen LogP contribution in [0.1, 0.15) is 61.3 Å². The predicted octanol–water partition coefficient (Wildman–Crippen LogP) is 2.70. The molecule has 0 radical (unpaired) electrons. The number of halogens is 1. The molecule has 0 aliphatic carbocycles. The summed E-state index contributed by atoms with van der Waals surface area (Å²) >= 11 is 3.38. The van der Waals surface area contributed by atoms with Gasteiger partial charge in [0.15, 0.2) is 6.10 Å². The molecule has 1 heterocycles. The highest BCUT2D eigenvalue weighted by Crippen LogP contribution is 2.39. The van der Waals surface area contributed by atoms with Crippen LogP contribution >= 0.6 is 15.9 Å². The van der Waals surface area contributed by atoms with Crippen LogP contribution in [0.5, 0.6) is 0 Å². The molecule has 0 spiro atoms. The number of aliphatic carboxylic acids is 1. The molecule has 2 N–H and O–H groups in total. The van der Waals surface area contributed by atoms with Crippen molar-refractivity contribution >= 4 is 27.8 Å². The average Bonchev–Trinajstić information content (AvgIpc) is 2.30. The van der Waals surface area contributed by atoms with Crippen molar-refractivity contribution < 1.29 is 19.5 Å². The molecule has 0 aromatic heterocycles. The van der Waals surface area contributed by atoms with Gasteiger partial charge < -0.3 is 10.4 Å². The van der Waals surface area contributed by atoms with Crippen molar-refractivity contribution in [3.63, 3.8) is 0 Å². The monoisotopic (exact) mass is 392 g/mol. The lowest BCUT2D eigenvalue weighted by molar-refractivity contribution is -0.301. The Kier molecular flexibility index (Phi) is 5.93. The summed E-state index contributed by atoms with van der Waals surface area (Å²) in [6, 6.07) is 0.00399. The number of carbonyl (C=O) groups excluding carboxylic acids is 1. The van der Waals surface area contributed by atoms with E-state index in [0.29, 0.717) is 12.8 Å². The second kappa shape index (κ2) is 6.69. The number of alkyl halides is 1. The minimum atomic E-state index is -0.993. The van der Waals surface area contributed by atoms with Crippen LogP contribution in [0.4, 0.5) is 0 Å². The van der Waals surface area contributed by atoms with Crippen LogP contribution in [0.2, 0.25) is 0 Å². The summed E-state index contributed by atoms with van der Waals surface area (Å²) in [5.74, 6) is -1.05. The van der Waals surface area contributed by atoms with Crippen LogP contribution in [0.25, 0.3) is 0 Å². The van der Waals surface area contributed by atoms with Gasteiger partial charge in [-0.05, 0) is 61.3 Å². The normalized spacial score (nSPS) is 23.3. The van der Waals surface area contributed by atoms with E-state index in [1.54, 1.807) is 5.06 Å². The smallest absolute Gasteiger partial charge is 0.334 e. The topological polar surface area (TPSA) is 78.9 Å². The molecule has 134 valence electrons. The largest absolute Gasteiger partial charge is 0.479 e. The number of carboxylic acids is 1. The molecule has 1 saturated heterocycles. The second-order valence-corrected chi connectivity index (χ2v) is 10.0. The van der Waals surface area contributed by atoms with Crippen LogP contribution in [-0.2, 0) is 14.4 Å². The van der Waals surface area contributed by atoms with Crippen LogP contribution in [0.15, 0.2) is 0 Å². The maximum absolute atomic E-state index is 12.2. The van der Waals surface area contributed by atoms with Crippen LogP contribution in [-0.4, -0.2) is 49.6 Å². The lowest BCUT2D eigenvalue weighted by Gasteiger charge is -2.54. The van der Waals surface area contributed by atoms with Gasteiger partial charge in [0.05, 0.1) is 4.32 Å². The number of amides is 1. The molecule has 0 aromatic rings. The zero-order valence-corrected chi connectivity index (χ0v) is 16.7. The van der Waals surface area contributed by atoms with E-state index >= 15 is 0 Å². The molecule has 0 bridgehead atoms. The van der Waals surface area contributed by atoms with Gasteiger partial charge in [-0.25, -0.2) is 4.79 Å². The number of piperidine rings is 1. The molecule has 1 fully saturated rings. The lowest BCUT2D eigenvalue weighted by atomic mass is 9.78. The first kappa shape index (κ1) is 20.4. The van der Waals surface area contributed by atoms with Crippen molar-refractivity contribution in [3.8, 4) is 0 Å². The Balaban J connectivity index is 2.91. The number of hydrogen-bond acceptors (Lipinski definition) is 4. The molecule has 1 unspecified atom stereocenters. The lowest BCUT2D eigenvalue weighted by Crippen LogP contribution is -2.65. The molecule has 1 aliphatic rings. The summed E-state index contributed by atoms with van der Waals surface area (Å²) in [5, 5.41) is 14.0. The fourth-order valence-corrected chi connectivity index (χ4v) is 3.33. The second-order valence-electron chi connectivity index (χ2n) is 8.06. The van der Waals surface area contributed by atoms with E-state index in [-0.39, 0.29) is 11.9 Å². The van der Waals surface area contributed by atoms with E-state index < -0.39 is 27.5 Å². The van der Waals surface area contributed by atoms with Crippen molar-refractivity contribution in [2.24, 2.45) is 0 Å². The summed E-state index contributed by atoms with van der Waals surface area (Å²) < 4.78 is -0.618. The number of carboxylic acid groups (broad SMARTS) is 1. The highest BCUT2D eigenvalue weighted by Gasteiger charge is 2.48. The van der Waals surface area contributed by atoms with E-state index in [9.17, 15) is 9.59 Å². The first-order chi connectivity index (χ1) is 10.2. The summed E-state index contributed by atoms with van der Waals surface area (Å²) in [5.41, 5.74) is -0.806. The zero-order chi connectivity index (χ0) is 18.2. The van der Waals surface area contributed by atoms with E-state index in [2.05, 4.69) is 21.2 Å². The first-order valence-electron chi connectivity index (χ1n) is 7.86. The molecule has 0 aromatic carbocycles. The van der Waals surface area contributed by atoms with Gasteiger partial charge >= 0.3 is 5.97 Å². The summed E-state index contributed by atoms with van der Waals surface area (Å²) in [6.45, 7) is 13.1. The molecule has 1 rings (SSSR count). The van der Waals surface area contributed by atoms with E-state index in [4.69, 9.17) is 9.94 Å². The molecule has 1 atom stereocenters. The Bertz CT molecular complexity index is 453. The zero-order valence-electron chi connectivity index (χ0n) is 15.1. The molecule has 1 amide bonds. The fourth-order valence-electron chi connectivity index (χ4n) is 3.21. The number of nitrogens with one attached hydrogen (secondary N) is 1. The Morgan fingerprint density at radius 3 is 2.04 bits per heavy atom. The third-order valence-corrected chi connectivity index (χ3v) is 4.44. The van der Waals surface area contributed by atoms with Crippen LogP contribution in [0, 0.1) is 0 Å². The van der Waals surface area contributed by atoms with Gasteiger partial charge in [0, 0.05) is 17.1 Å². The number of carbonyl (C=O) groups is 2. The molecular weight excluding hydrogens is 364 g/mol. The number of nitrogens with zero attached hydrogens (tertiary/aromatic N) is 1. The Hall–Kier alpha value is -0.660. The SMILES string of the molecule is CC(ON1C(C)(C)CC(NC(=O)C(C)(C)Br)CC1(C)C)C(=O)O. The quantitative estimate of drug-likeness (QED) is 0.703. The number of hydrogen-bond donors (Lipinski definition) is 2. The van der Waals surface area contributed by atoms with Crippen LogP contribution < -0.4 is 5.32 Å². The standard InChI is InChI=1S/C16H29BrN2O4/c1-10(12(20)21)23-19-14(2,3)8-11(9-15(19,4)5)18-13(22)16(6,7)17/h10-11H,8-9H2,1-7H3,(H,18,22)(H,20,21). The van der Waals surface area contributed by atoms with Crippen molar-refractivity contribution in [1.82, 2.24) is 10.4 Å². The summed E-state index contributed by atoms with van der Waals surface area (Å²) in [6.07, 6.45) is 0.441. The van der Waals surface area contributed by atoms with Crippen LogP contribution in [0.3, 0.4) is 0 Å². The van der Waals surface area contributed by atoms with Crippen molar-refractivity contribution in [2.75, 3.05) is 0 Å². The molecule has 0 saturated carbocycles. The Morgan fingerprint density at radius 2 is 1.70 bits per heavy atom. The Labute approximate surface area is 147 Å². The van der Waals surface area contributed by atoms with Gasteiger partial charge in [-0.3, -0.25) is 9.63 Å². The molecule has 7 heteroatoms. The van der Waals surface area contributed by atoms with Crippen molar-refractivity contribution in [3.05, 3.63) is 0 Å². The third kappa shape index (κ3) is 5.16. The van der Waals surface area contributed by atoms with E-state index in [0.717, 1.165) is 0 Å². The highest BCUT2D eigenvalue weighted by atomic mass is 79.9. The molecule has 6 nitrogen and oxygen atoms in total. The summed E-state index contributed by atoms with van der Waals surface area (Å²) in [4.78, 5) is 29.0. The van der Waals surface area contributed by atoms with E-state index in [1.165, 1.54) is 6.92 Å². The predicted molar refractivity (Wildman–Crippen MR) is 92.4 cm³/mol. The maximum Gasteiger partial charge on any atom is 0.334 e. The van der Waals surface area contributed by atoms with Crippen molar-refractivity contribution in [2.45, 2.75) is 88.9 Å². The van der Waals surface area contributed by atoms with Gasteiger partial charge in [-0.1, -0.05) is 15.9 Å². The highest BCUT2D eigenvalue weighted by molar-refractivity contribution is 9.10. The fraction of sp³-hybridized carbons (Fsp3) is 0.875. The number of rotatable bonds is 5. The van der Waals surface area contributed by atoms with Gasteiger partial charge in [-0.2, -0.15) is 5.06 Å². The van der Waals surface area contributed by atoms with Gasteiger partial charge in [-0.15, -0.1) is 0 Å². The number of hydroxylamine groups is 2. The minimum absolute atomic E-state index is 0.00399. The molecule has 23 heavy (non-hydrogen) atoms. The van der Waals surface area contributed by atoms with Gasteiger partial charge in [0.1, 0.15) is 0 Å². The molecular formula is C16H29BrN2O4. The average molecular weight is 393 g/mol. The summed E-state index contributed by atoms with van der Waals surface area (Å²) in [7, 11) is 0.